The first kappa shape index (κ1) is 15.0. The quantitative estimate of drug-likeness (QED) is 0.824. The van der Waals surface area contributed by atoms with Gasteiger partial charge in [0.15, 0.2) is 0 Å². The van der Waals surface area contributed by atoms with Crippen molar-refractivity contribution in [2.45, 2.75) is 19.4 Å². The highest BCUT2D eigenvalue weighted by Gasteiger charge is 2.08. The van der Waals surface area contributed by atoms with Crippen LogP contribution in [0.5, 0.6) is 11.5 Å². The van der Waals surface area contributed by atoms with Crippen LogP contribution in [0, 0.1) is 5.82 Å². The van der Waals surface area contributed by atoms with E-state index < -0.39 is 0 Å². The van der Waals surface area contributed by atoms with Crippen LogP contribution in [0.4, 0.5) is 4.39 Å². The van der Waals surface area contributed by atoms with Crippen LogP contribution in [0.3, 0.4) is 0 Å². The van der Waals surface area contributed by atoms with Crippen LogP contribution >= 0.6 is 15.9 Å². The minimum atomic E-state index is -0.333. The smallest absolute Gasteiger partial charge is 0.141 e. The number of halogens is 2. The molecule has 2 aromatic rings. The van der Waals surface area contributed by atoms with Crippen molar-refractivity contribution in [1.29, 1.82) is 0 Å². The molecule has 0 saturated carbocycles. The lowest BCUT2D eigenvalue weighted by atomic mass is 10.0. The van der Waals surface area contributed by atoms with Gasteiger partial charge in [-0.15, -0.1) is 0 Å². The largest absolute Gasteiger partial charge is 0.457 e. The van der Waals surface area contributed by atoms with Gasteiger partial charge in [0.05, 0.1) is 4.47 Å². The SMILES string of the molecule is CCC(NC)c1cccc(Oc2ccc(Br)c(F)c2)c1. The van der Waals surface area contributed by atoms with Gasteiger partial charge < -0.3 is 10.1 Å². The van der Waals surface area contributed by atoms with E-state index in [1.165, 1.54) is 6.07 Å². The lowest BCUT2D eigenvalue weighted by Crippen LogP contribution is -2.14. The van der Waals surface area contributed by atoms with E-state index in [0.717, 1.165) is 12.0 Å². The Morgan fingerprint density at radius 3 is 2.60 bits per heavy atom. The van der Waals surface area contributed by atoms with Gasteiger partial charge >= 0.3 is 0 Å². The van der Waals surface area contributed by atoms with Gasteiger partial charge in [-0.3, -0.25) is 0 Å². The molecule has 0 aliphatic carbocycles. The fourth-order valence-electron chi connectivity index (χ4n) is 2.08. The lowest BCUT2D eigenvalue weighted by molar-refractivity contribution is 0.473. The summed E-state index contributed by atoms with van der Waals surface area (Å²) in [5, 5.41) is 3.25. The molecule has 1 N–H and O–H groups in total. The zero-order chi connectivity index (χ0) is 14.5. The monoisotopic (exact) mass is 337 g/mol. The second-order valence-electron chi connectivity index (χ2n) is 4.50. The van der Waals surface area contributed by atoms with Crippen LogP contribution in [0.15, 0.2) is 46.9 Å². The lowest BCUT2D eigenvalue weighted by Gasteiger charge is -2.15. The number of hydrogen-bond donors (Lipinski definition) is 1. The maximum atomic E-state index is 13.5. The van der Waals surface area contributed by atoms with E-state index in [4.69, 9.17) is 4.74 Å². The Labute approximate surface area is 127 Å². The van der Waals surface area contributed by atoms with Crippen LogP contribution in [-0.4, -0.2) is 7.05 Å². The summed E-state index contributed by atoms with van der Waals surface area (Å²) in [6.45, 7) is 2.12. The summed E-state index contributed by atoms with van der Waals surface area (Å²) in [6.07, 6.45) is 0.993. The van der Waals surface area contributed by atoms with Crippen LogP contribution < -0.4 is 10.1 Å². The van der Waals surface area contributed by atoms with E-state index in [0.29, 0.717) is 22.0 Å². The molecule has 0 spiro atoms. The summed E-state index contributed by atoms with van der Waals surface area (Å²) in [7, 11) is 1.94. The van der Waals surface area contributed by atoms with E-state index in [-0.39, 0.29) is 5.82 Å². The summed E-state index contributed by atoms with van der Waals surface area (Å²) >= 11 is 3.13. The van der Waals surface area contributed by atoms with E-state index in [1.807, 2.05) is 25.2 Å². The first-order chi connectivity index (χ1) is 9.63. The van der Waals surface area contributed by atoms with E-state index in [2.05, 4.69) is 34.2 Å². The molecule has 0 aliphatic heterocycles. The van der Waals surface area contributed by atoms with E-state index >= 15 is 0 Å². The first-order valence-electron chi connectivity index (χ1n) is 6.54. The van der Waals surface area contributed by atoms with Crippen molar-refractivity contribution in [3.63, 3.8) is 0 Å². The van der Waals surface area contributed by atoms with Crippen LogP contribution in [0.25, 0.3) is 0 Å². The van der Waals surface area contributed by atoms with Gasteiger partial charge in [-0.1, -0.05) is 19.1 Å². The number of benzene rings is 2. The molecule has 2 rings (SSSR count). The zero-order valence-corrected chi connectivity index (χ0v) is 13.1. The predicted octanol–water partition coefficient (Wildman–Crippen LogP) is 5.05. The molecule has 0 bridgehead atoms. The maximum absolute atomic E-state index is 13.5. The number of nitrogens with one attached hydrogen (secondary N) is 1. The summed E-state index contributed by atoms with van der Waals surface area (Å²) < 4.78 is 19.6. The standard InChI is InChI=1S/C16H17BrFNO/c1-3-16(19-2)11-5-4-6-12(9-11)20-13-7-8-14(17)15(18)10-13/h4-10,16,19H,3H2,1-2H3. The topological polar surface area (TPSA) is 21.3 Å². The minimum Gasteiger partial charge on any atom is -0.457 e. The second-order valence-corrected chi connectivity index (χ2v) is 5.35. The molecule has 2 nitrogen and oxygen atoms in total. The molecule has 2 aromatic carbocycles. The number of ether oxygens (including phenoxy) is 1. The highest BCUT2D eigenvalue weighted by molar-refractivity contribution is 9.10. The molecule has 106 valence electrons. The Morgan fingerprint density at radius 1 is 1.20 bits per heavy atom. The van der Waals surface area contributed by atoms with Crippen molar-refractivity contribution < 1.29 is 9.13 Å². The van der Waals surface area contributed by atoms with Crippen molar-refractivity contribution in [2.75, 3.05) is 7.05 Å². The van der Waals surface area contributed by atoms with Crippen LogP contribution in [0.2, 0.25) is 0 Å². The molecular weight excluding hydrogens is 321 g/mol. The summed E-state index contributed by atoms with van der Waals surface area (Å²) in [6, 6.07) is 12.9. The van der Waals surface area contributed by atoms with Crippen molar-refractivity contribution in [1.82, 2.24) is 5.32 Å². The average Bonchev–Trinajstić information content (AvgIpc) is 2.45. The molecule has 0 aromatic heterocycles. The molecular formula is C16H17BrFNO. The normalized spacial score (nSPS) is 12.2. The van der Waals surface area contributed by atoms with E-state index in [9.17, 15) is 4.39 Å². The predicted molar refractivity (Wildman–Crippen MR) is 82.7 cm³/mol. The molecule has 0 aliphatic rings. The van der Waals surface area contributed by atoms with Gasteiger partial charge in [-0.2, -0.15) is 0 Å². The summed E-state index contributed by atoms with van der Waals surface area (Å²) in [5.74, 6) is 0.860. The minimum absolute atomic E-state index is 0.292. The number of rotatable bonds is 5. The van der Waals surface area contributed by atoms with Gasteiger partial charge in [0, 0.05) is 12.1 Å². The average molecular weight is 338 g/mol. The van der Waals surface area contributed by atoms with Gasteiger partial charge in [0.2, 0.25) is 0 Å². The third-order valence-corrected chi connectivity index (χ3v) is 3.79. The van der Waals surface area contributed by atoms with E-state index in [1.54, 1.807) is 12.1 Å². The Morgan fingerprint density at radius 2 is 1.95 bits per heavy atom. The fourth-order valence-corrected chi connectivity index (χ4v) is 2.32. The van der Waals surface area contributed by atoms with Crippen molar-refractivity contribution >= 4 is 15.9 Å². The second kappa shape index (κ2) is 6.86. The van der Waals surface area contributed by atoms with Crippen molar-refractivity contribution in [3.05, 3.63) is 58.3 Å². The molecule has 0 amide bonds. The fraction of sp³-hybridized carbons (Fsp3) is 0.250. The molecule has 1 atom stereocenters. The van der Waals surface area contributed by atoms with Crippen molar-refractivity contribution in [3.8, 4) is 11.5 Å². The first-order valence-corrected chi connectivity index (χ1v) is 7.33. The highest BCUT2D eigenvalue weighted by atomic mass is 79.9. The van der Waals surface area contributed by atoms with Crippen LogP contribution in [0.1, 0.15) is 24.9 Å². The van der Waals surface area contributed by atoms with Gasteiger partial charge in [0.25, 0.3) is 0 Å². The Bertz CT molecular complexity index is 584. The number of hydrogen-bond acceptors (Lipinski definition) is 2. The third kappa shape index (κ3) is 3.58. The third-order valence-electron chi connectivity index (χ3n) is 3.14. The highest BCUT2D eigenvalue weighted by Crippen LogP contribution is 2.28. The molecule has 0 radical (unpaired) electrons. The van der Waals surface area contributed by atoms with Gasteiger partial charge in [-0.05, 0) is 59.2 Å². The molecule has 1 unspecified atom stereocenters. The molecule has 0 saturated heterocycles. The Kier molecular flexibility index (Phi) is 5.15. The zero-order valence-electron chi connectivity index (χ0n) is 11.5. The van der Waals surface area contributed by atoms with Crippen LogP contribution in [-0.2, 0) is 0 Å². The maximum Gasteiger partial charge on any atom is 0.141 e. The summed E-state index contributed by atoms with van der Waals surface area (Å²) in [4.78, 5) is 0. The molecule has 20 heavy (non-hydrogen) atoms. The molecule has 4 heteroatoms. The Balaban J connectivity index is 2.21. The molecule has 0 fully saturated rings. The van der Waals surface area contributed by atoms with Crippen molar-refractivity contribution in [2.24, 2.45) is 0 Å². The summed E-state index contributed by atoms with van der Waals surface area (Å²) in [5.41, 5.74) is 1.16. The van der Waals surface area contributed by atoms with Gasteiger partial charge in [-0.25, -0.2) is 4.39 Å². The Hall–Kier alpha value is -1.39. The van der Waals surface area contributed by atoms with Gasteiger partial charge in [0.1, 0.15) is 17.3 Å². The molecule has 0 heterocycles.